The van der Waals surface area contributed by atoms with Crippen molar-refractivity contribution < 1.29 is 34.4 Å². The Morgan fingerprint density at radius 1 is 0.577 bits per heavy atom. The van der Waals surface area contributed by atoms with Crippen molar-refractivity contribution in [3.05, 3.63) is 48.6 Å². The van der Waals surface area contributed by atoms with Crippen molar-refractivity contribution in [3.63, 3.8) is 0 Å². The maximum absolute atomic E-state index is 12.2. The van der Waals surface area contributed by atoms with Gasteiger partial charge in [-0.2, -0.15) is 0 Å². The Balaban J connectivity index is 3.76. The van der Waals surface area contributed by atoms with Gasteiger partial charge in [0.05, 0.1) is 18.8 Å². The zero-order valence-corrected chi connectivity index (χ0v) is 33.7. The van der Waals surface area contributed by atoms with Gasteiger partial charge < -0.3 is 24.8 Å². The number of esters is 2. The second kappa shape index (κ2) is 38.5. The first kappa shape index (κ1) is 49.8. The third kappa shape index (κ3) is 37.5. The molecule has 0 saturated heterocycles. The fourth-order valence-corrected chi connectivity index (χ4v) is 5.93. The number of unbranched alkanes of at least 4 members (excludes halogenated alkanes) is 18. The van der Waals surface area contributed by atoms with Crippen LogP contribution in [0.1, 0.15) is 188 Å². The van der Waals surface area contributed by atoms with Crippen molar-refractivity contribution in [2.45, 2.75) is 206 Å². The van der Waals surface area contributed by atoms with Crippen LogP contribution in [0.4, 0.5) is 0 Å². The summed E-state index contributed by atoms with van der Waals surface area (Å²) < 4.78 is 10.5. The molecule has 3 N–H and O–H groups in total. The fourth-order valence-electron chi connectivity index (χ4n) is 5.93. The normalized spacial score (nSPS) is 14.0. The molecule has 0 aromatic heterocycles. The smallest absolute Gasteiger partial charge is 0.306 e. The summed E-state index contributed by atoms with van der Waals surface area (Å²) in [5.74, 6) is 0.0180. The lowest BCUT2D eigenvalue weighted by atomic mass is 10.0. The maximum Gasteiger partial charge on any atom is 0.306 e. The number of rotatable bonds is 37. The third-order valence-corrected chi connectivity index (χ3v) is 9.24. The first-order valence-electron chi connectivity index (χ1n) is 21.3. The van der Waals surface area contributed by atoms with Crippen LogP contribution in [0.2, 0.25) is 0 Å². The van der Waals surface area contributed by atoms with Crippen molar-refractivity contribution in [1.82, 2.24) is 0 Å². The fraction of sp³-hybridized carbons (Fsp3) is 0.778. The summed E-state index contributed by atoms with van der Waals surface area (Å²) in [7, 11) is 0. The summed E-state index contributed by atoms with van der Waals surface area (Å²) in [6.45, 7) is 6.23. The lowest BCUT2D eigenvalue weighted by molar-refractivity contribution is -0.161. The molecule has 0 heterocycles. The Kier molecular flexibility index (Phi) is 36.9. The predicted molar refractivity (Wildman–Crippen MR) is 217 cm³/mol. The zero-order chi connectivity index (χ0) is 38.3. The first-order valence-corrected chi connectivity index (χ1v) is 21.3. The Labute approximate surface area is 319 Å². The minimum atomic E-state index is -0.863. The van der Waals surface area contributed by atoms with Gasteiger partial charge in [0, 0.05) is 12.8 Å². The van der Waals surface area contributed by atoms with Gasteiger partial charge in [-0.05, 0) is 44.4 Å². The van der Waals surface area contributed by atoms with E-state index in [9.17, 15) is 24.9 Å². The molecule has 0 aromatic carbocycles. The number of carbonyl (C=O) groups excluding carboxylic acids is 2. The minimum Gasteiger partial charge on any atom is -0.462 e. The van der Waals surface area contributed by atoms with Crippen LogP contribution in [0.5, 0.6) is 0 Å². The van der Waals surface area contributed by atoms with Gasteiger partial charge in [-0.1, -0.05) is 185 Å². The van der Waals surface area contributed by atoms with Crippen LogP contribution >= 0.6 is 0 Å². The summed E-state index contributed by atoms with van der Waals surface area (Å²) >= 11 is 0. The highest BCUT2D eigenvalue weighted by molar-refractivity contribution is 5.70. The average Bonchev–Trinajstić information content (AvgIpc) is 3.12. The van der Waals surface area contributed by atoms with Gasteiger partial charge in [0.1, 0.15) is 6.61 Å². The second-order valence-electron chi connectivity index (χ2n) is 15.0. The lowest BCUT2D eigenvalue weighted by Gasteiger charge is -2.16. The molecule has 0 aliphatic carbocycles. The van der Waals surface area contributed by atoms with E-state index in [4.69, 9.17) is 9.47 Å². The monoisotopic (exact) mass is 733 g/mol. The molecule has 0 unspecified atom stereocenters. The molecule has 3 atom stereocenters. The van der Waals surface area contributed by atoms with Gasteiger partial charge >= 0.3 is 11.9 Å². The molecule has 0 aliphatic rings. The molecule has 7 heteroatoms. The number of aliphatic hydroxyl groups excluding tert-OH is 3. The molecule has 0 amide bonds. The zero-order valence-electron chi connectivity index (χ0n) is 33.7. The number of hydrogen-bond acceptors (Lipinski definition) is 7. The molecule has 0 bridgehead atoms. The van der Waals surface area contributed by atoms with Gasteiger partial charge in [0.15, 0.2) is 6.10 Å². The SMILES string of the molecule is CCCCC/C=C\C[C@@H](O)/C=C/C=C/C=C\[C@@H](O)CCCC(=O)OC[C@H](CO)OC(=O)CCCCCCCCCCCCCCCCCCC(C)C. The predicted octanol–water partition coefficient (Wildman–Crippen LogP) is 11.2. The van der Waals surface area contributed by atoms with Crippen LogP contribution < -0.4 is 0 Å². The molecule has 0 spiro atoms. The van der Waals surface area contributed by atoms with E-state index in [1.165, 1.54) is 109 Å². The molecule has 7 nitrogen and oxygen atoms in total. The minimum absolute atomic E-state index is 0.124. The van der Waals surface area contributed by atoms with Crippen LogP contribution in [-0.2, 0) is 19.1 Å². The number of hydrogen-bond donors (Lipinski definition) is 3. The molecular weight excluding hydrogens is 652 g/mol. The molecular formula is C45H80O7. The number of allylic oxidation sites excluding steroid dienone is 5. The Bertz CT molecular complexity index is 923. The first-order chi connectivity index (χ1) is 25.3. The number of carbonyl (C=O) groups is 2. The van der Waals surface area contributed by atoms with Crippen LogP contribution in [0.15, 0.2) is 48.6 Å². The largest absolute Gasteiger partial charge is 0.462 e. The Morgan fingerprint density at radius 3 is 1.63 bits per heavy atom. The molecule has 0 saturated carbocycles. The van der Waals surface area contributed by atoms with Crippen molar-refractivity contribution >= 4 is 11.9 Å². The molecule has 0 aromatic rings. The summed E-state index contributed by atoms with van der Waals surface area (Å²) in [4.78, 5) is 24.3. The molecule has 302 valence electrons. The average molecular weight is 733 g/mol. The number of aliphatic hydroxyl groups is 3. The van der Waals surface area contributed by atoms with Crippen molar-refractivity contribution in [3.8, 4) is 0 Å². The van der Waals surface area contributed by atoms with Gasteiger partial charge in [-0.25, -0.2) is 0 Å². The standard InChI is InChI=1S/C45H80O7/c1-4-5-6-7-21-26-32-41(47)33-27-23-24-28-34-42(48)35-30-37-44(49)51-39-43(38-46)52-45(50)36-29-22-19-17-15-13-11-9-8-10-12-14-16-18-20-25-31-40(2)3/h21,23-24,26-28,33-34,40-43,46-48H,4-20,22,25,29-32,35-39H2,1-3H3/b24-23+,26-21-,33-27+,34-28-/t41-,42-,43+/m1/s1. The molecule has 0 fully saturated rings. The topological polar surface area (TPSA) is 113 Å². The molecule has 0 aliphatic heterocycles. The van der Waals surface area contributed by atoms with E-state index in [2.05, 4.69) is 26.8 Å². The second-order valence-corrected chi connectivity index (χ2v) is 15.0. The maximum atomic E-state index is 12.2. The molecule has 0 radical (unpaired) electrons. The van der Waals surface area contributed by atoms with E-state index in [1.807, 2.05) is 6.08 Å². The van der Waals surface area contributed by atoms with Crippen molar-refractivity contribution in [2.75, 3.05) is 13.2 Å². The van der Waals surface area contributed by atoms with Crippen LogP contribution in [0.3, 0.4) is 0 Å². The highest BCUT2D eigenvalue weighted by Crippen LogP contribution is 2.16. The molecule has 0 rings (SSSR count). The summed E-state index contributed by atoms with van der Waals surface area (Å²) in [6, 6.07) is 0. The summed E-state index contributed by atoms with van der Waals surface area (Å²) in [5.41, 5.74) is 0. The van der Waals surface area contributed by atoms with Crippen LogP contribution in [0, 0.1) is 5.92 Å². The van der Waals surface area contributed by atoms with Gasteiger partial charge in [-0.3, -0.25) is 9.59 Å². The van der Waals surface area contributed by atoms with E-state index >= 15 is 0 Å². The van der Waals surface area contributed by atoms with Crippen LogP contribution in [-0.4, -0.2) is 58.8 Å². The van der Waals surface area contributed by atoms with Crippen molar-refractivity contribution in [2.24, 2.45) is 5.92 Å². The number of ether oxygens (including phenoxy) is 2. The quantitative estimate of drug-likeness (QED) is 0.0252. The van der Waals surface area contributed by atoms with E-state index in [0.29, 0.717) is 25.7 Å². The highest BCUT2D eigenvalue weighted by Gasteiger charge is 2.16. The lowest BCUT2D eigenvalue weighted by Crippen LogP contribution is -2.28. The molecule has 52 heavy (non-hydrogen) atoms. The van der Waals surface area contributed by atoms with Gasteiger partial charge in [0.25, 0.3) is 0 Å². The van der Waals surface area contributed by atoms with Crippen LogP contribution in [0.25, 0.3) is 0 Å². The van der Waals surface area contributed by atoms with E-state index < -0.39 is 30.9 Å². The summed E-state index contributed by atoms with van der Waals surface area (Å²) in [5, 5.41) is 29.7. The van der Waals surface area contributed by atoms with Gasteiger partial charge in [-0.15, -0.1) is 0 Å². The van der Waals surface area contributed by atoms with Gasteiger partial charge in [0.2, 0.25) is 0 Å². The van der Waals surface area contributed by atoms with E-state index in [1.54, 1.807) is 36.5 Å². The van der Waals surface area contributed by atoms with E-state index in [-0.39, 0.29) is 19.0 Å². The Hall–Kier alpha value is -2.22. The summed E-state index contributed by atoms with van der Waals surface area (Å²) in [6.07, 6.45) is 40.9. The highest BCUT2D eigenvalue weighted by atomic mass is 16.6. The van der Waals surface area contributed by atoms with E-state index in [0.717, 1.165) is 31.6 Å². The van der Waals surface area contributed by atoms with Crippen molar-refractivity contribution in [1.29, 1.82) is 0 Å². The Morgan fingerprint density at radius 2 is 1.10 bits per heavy atom. The third-order valence-electron chi connectivity index (χ3n) is 9.24.